The standard InChI is InChI=1S/C9H16ClN3S/c1-6-12-13-8(14-6)11-7(5-10)9(2,3)4/h7H,5H2,1-4H3,(H,11,13). The summed E-state index contributed by atoms with van der Waals surface area (Å²) in [4.78, 5) is 0. The molecule has 3 nitrogen and oxygen atoms in total. The molecule has 0 saturated carbocycles. The normalized spacial score (nSPS) is 14.1. The lowest BCUT2D eigenvalue weighted by Gasteiger charge is -2.29. The minimum atomic E-state index is 0.126. The van der Waals surface area contributed by atoms with Crippen LogP contribution in [0.1, 0.15) is 25.8 Å². The maximum Gasteiger partial charge on any atom is 0.205 e. The fourth-order valence-electron chi connectivity index (χ4n) is 0.990. The van der Waals surface area contributed by atoms with E-state index in [1.54, 1.807) is 11.3 Å². The quantitative estimate of drug-likeness (QED) is 0.816. The fourth-order valence-corrected chi connectivity index (χ4v) is 2.17. The molecule has 1 unspecified atom stereocenters. The summed E-state index contributed by atoms with van der Waals surface area (Å²) in [6.45, 7) is 8.40. The van der Waals surface area contributed by atoms with E-state index in [-0.39, 0.29) is 11.5 Å². The summed E-state index contributed by atoms with van der Waals surface area (Å²) in [7, 11) is 0. The molecule has 80 valence electrons. The Bertz CT molecular complexity index is 292. The highest BCUT2D eigenvalue weighted by Crippen LogP contribution is 2.25. The number of aromatic nitrogens is 2. The van der Waals surface area contributed by atoms with Crippen molar-refractivity contribution in [3.8, 4) is 0 Å². The second-order valence-corrected chi connectivity index (χ2v) is 5.83. The predicted molar refractivity (Wildman–Crippen MR) is 62.2 cm³/mol. The third kappa shape index (κ3) is 3.10. The molecule has 0 saturated heterocycles. The zero-order chi connectivity index (χ0) is 10.8. The monoisotopic (exact) mass is 233 g/mol. The van der Waals surface area contributed by atoms with E-state index in [9.17, 15) is 0 Å². The van der Waals surface area contributed by atoms with Crippen LogP contribution in [0.4, 0.5) is 5.13 Å². The predicted octanol–water partition coefficient (Wildman–Crippen LogP) is 2.91. The lowest BCUT2D eigenvalue weighted by molar-refractivity contribution is 0.362. The van der Waals surface area contributed by atoms with Gasteiger partial charge in [-0.1, -0.05) is 32.1 Å². The first kappa shape index (κ1) is 11.7. The molecular weight excluding hydrogens is 218 g/mol. The Hall–Kier alpha value is -0.350. The van der Waals surface area contributed by atoms with Gasteiger partial charge in [-0.2, -0.15) is 0 Å². The number of hydrogen-bond donors (Lipinski definition) is 1. The van der Waals surface area contributed by atoms with Crippen molar-refractivity contribution in [3.63, 3.8) is 0 Å². The van der Waals surface area contributed by atoms with Crippen molar-refractivity contribution in [1.29, 1.82) is 0 Å². The summed E-state index contributed by atoms with van der Waals surface area (Å²) in [6.07, 6.45) is 0. The SMILES string of the molecule is Cc1nnc(NC(CCl)C(C)(C)C)s1. The minimum absolute atomic E-state index is 0.126. The van der Waals surface area contributed by atoms with E-state index < -0.39 is 0 Å². The average Bonchev–Trinajstić information content (AvgIpc) is 2.45. The number of anilines is 1. The van der Waals surface area contributed by atoms with E-state index in [1.807, 2.05) is 6.92 Å². The van der Waals surface area contributed by atoms with Gasteiger partial charge in [-0.15, -0.1) is 21.8 Å². The highest BCUT2D eigenvalue weighted by atomic mass is 35.5. The van der Waals surface area contributed by atoms with Gasteiger partial charge in [0, 0.05) is 11.9 Å². The molecule has 0 aromatic carbocycles. The summed E-state index contributed by atoms with van der Waals surface area (Å²) in [5.74, 6) is 0.572. The summed E-state index contributed by atoms with van der Waals surface area (Å²) < 4.78 is 0. The number of hydrogen-bond acceptors (Lipinski definition) is 4. The second kappa shape index (κ2) is 4.45. The van der Waals surface area contributed by atoms with Gasteiger partial charge in [0.25, 0.3) is 0 Å². The Kier molecular flexibility index (Phi) is 3.72. The first-order valence-corrected chi connectivity index (χ1v) is 5.91. The Morgan fingerprint density at radius 3 is 2.43 bits per heavy atom. The topological polar surface area (TPSA) is 37.8 Å². The Labute approximate surface area is 93.9 Å². The first-order chi connectivity index (χ1) is 6.43. The van der Waals surface area contributed by atoms with Gasteiger partial charge in [0.2, 0.25) is 5.13 Å². The van der Waals surface area contributed by atoms with E-state index in [4.69, 9.17) is 11.6 Å². The fraction of sp³-hybridized carbons (Fsp3) is 0.778. The van der Waals surface area contributed by atoms with Crippen LogP contribution in [0.3, 0.4) is 0 Å². The van der Waals surface area contributed by atoms with E-state index in [0.717, 1.165) is 10.1 Å². The van der Waals surface area contributed by atoms with Gasteiger partial charge >= 0.3 is 0 Å². The van der Waals surface area contributed by atoms with Gasteiger partial charge in [0.1, 0.15) is 5.01 Å². The van der Waals surface area contributed by atoms with Crippen molar-refractivity contribution >= 4 is 28.1 Å². The number of alkyl halides is 1. The highest BCUT2D eigenvalue weighted by molar-refractivity contribution is 7.15. The maximum atomic E-state index is 5.90. The van der Waals surface area contributed by atoms with Crippen LogP contribution in [0.25, 0.3) is 0 Å². The smallest absolute Gasteiger partial charge is 0.205 e. The van der Waals surface area contributed by atoms with Crippen LogP contribution >= 0.6 is 22.9 Å². The van der Waals surface area contributed by atoms with Crippen molar-refractivity contribution in [1.82, 2.24) is 10.2 Å². The molecule has 1 aromatic rings. The Morgan fingerprint density at radius 1 is 1.43 bits per heavy atom. The van der Waals surface area contributed by atoms with Crippen molar-refractivity contribution < 1.29 is 0 Å². The molecule has 0 fully saturated rings. The van der Waals surface area contributed by atoms with Crippen LogP contribution in [0.2, 0.25) is 0 Å². The molecular formula is C9H16ClN3S. The van der Waals surface area contributed by atoms with Gasteiger partial charge in [-0.25, -0.2) is 0 Å². The summed E-state index contributed by atoms with van der Waals surface area (Å²) in [5.41, 5.74) is 0.126. The molecule has 0 amide bonds. The van der Waals surface area contributed by atoms with Crippen LogP contribution < -0.4 is 5.32 Å². The molecule has 1 rings (SSSR count). The Balaban J connectivity index is 2.66. The molecule has 1 aromatic heterocycles. The van der Waals surface area contributed by atoms with Crippen LogP contribution in [-0.2, 0) is 0 Å². The zero-order valence-corrected chi connectivity index (χ0v) is 10.5. The van der Waals surface area contributed by atoms with E-state index in [2.05, 4.69) is 36.3 Å². The maximum absolute atomic E-state index is 5.90. The summed E-state index contributed by atoms with van der Waals surface area (Å²) >= 11 is 7.46. The van der Waals surface area contributed by atoms with Gasteiger partial charge in [0.05, 0.1) is 0 Å². The third-order valence-corrected chi connectivity index (χ3v) is 3.10. The second-order valence-electron chi connectivity index (χ2n) is 4.34. The van der Waals surface area contributed by atoms with E-state index >= 15 is 0 Å². The molecule has 0 aliphatic heterocycles. The molecule has 5 heteroatoms. The largest absolute Gasteiger partial charge is 0.356 e. The van der Waals surface area contributed by atoms with Crippen LogP contribution in [0, 0.1) is 12.3 Å². The molecule has 0 bridgehead atoms. The molecule has 1 atom stereocenters. The molecule has 14 heavy (non-hydrogen) atoms. The van der Waals surface area contributed by atoms with Crippen LogP contribution in [-0.4, -0.2) is 22.1 Å². The highest BCUT2D eigenvalue weighted by Gasteiger charge is 2.24. The van der Waals surface area contributed by atoms with Gasteiger partial charge in [-0.3, -0.25) is 0 Å². The third-order valence-electron chi connectivity index (χ3n) is 2.02. The Morgan fingerprint density at radius 2 is 2.07 bits per heavy atom. The van der Waals surface area contributed by atoms with Gasteiger partial charge < -0.3 is 5.32 Å². The first-order valence-electron chi connectivity index (χ1n) is 4.56. The molecule has 0 aliphatic carbocycles. The number of aryl methyl sites for hydroxylation is 1. The van der Waals surface area contributed by atoms with Crippen LogP contribution in [0.5, 0.6) is 0 Å². The lowest BCUT2D eigenvalue weighted by atomic mass is 9.88. The van der Waals surface area contributed by atoms with Crippen molar-refractivity contribution in [2.75, 3.05) is 11.2 Å². The number of halogens is 1. The van der Waals surface area contributed by atoms with Crippen molar-refractivity contribution in [2.45, 2.75) is 33.7 Å². The lowest BCUT2D eigenvalue weighted by Crippen LogP contribution is -2.35. The number of nitrogens with one attached hydrogen (secondary N) is 1. The molecule has 1 heterocycles. The molecule has 0 aliphatic rings. The number of rotatable bonds is 3. The molecule has 0 radical (unpaired) electrons. The van der Waals surface area contributed by atoms with Crippen molar-refractivity contribution in [3.05, 3.63) is 5.01 Å². The van der Waals surface area contributed by atoms with Crippen LogP contribution in [0.15, 0.2) is 0 Å². The number of nitrogens with zero attached hydrogens (tertiary/aromatic N) is 2. The molecule has 0 spiro atoms. The van der Waals surface area contributed by atoms with Gasteiger partial charge in [-0.05, 0) is 12.3 Å². The van der Waals surface area contributed by atoms with E-state index in [1.165, 1.54) is 0 Å². The van der Waals surface area contributed by atoms with Gasteiger partial charge in [0.15, 0.2) is 0 Å². The average molecular weight is 234 g/mol. The summed E-state index contributed by atoms with van der Waals surface area (Å²) in [6, 6.07) is 0.219. The van der Waals surface area contributed by atoms with E-state index in [0.29, 0.717) is 5.88 Å². The minimum Gasteiger partial charge on any atom is -0.356 e. The van der Waals surface area contributed by atoms with Crippen molar-refractivity contribution in [2.24, 2.45) is 5.41 Å². The molecule has 1 N–H and O–H groups in total. The zero-order valence-electron chi connectivity index (χ0n) is 8.97. The summed E-state index contributed by atoms with van der Waals surface area (Å²) in [5, 5.41) is 13.1.